The van der Waals surface area contributed by atoms with Crippen LogP contribution in [0.1, 0.15) is 32.1 Å². The molecule has 1 aliphatic rings. The zero-order valence-electron chi connectivity index (χ0n) is 10.4. The van der Waals surface area contributed by atoms with E-state index in [0.717, 1.165) is 11.5 Å². The fourth-order valence-electron chi connectivity index (χ4n) is 2.49. The van der Waals surface area contributed by atoms with Crippen molar-refractivity contribution < 1.29 is 0 Å². The van der Waals surface area contributed by atoms with Crippen LogP contribution < -0.4 is 5.32 Å². The second-order valence-corrected chi connectivity index (χ2v) is 4.83. The van der Waals surface area contributed by atoms with Crippen molar-refractivity contribution in [3.05, 3.63) is 36.8 Å². The normalized spacial score (nSPS) is 16.7. The summed E-state index contributed by atoms with van der Waals surface area (Å²) in [5, 5.41) is 7.73. The number of rotatable bonds is 3. The molecule has 2 aromatic rings. The molecule has 0 aliphatic heterocycles. The third-order valence-corrected chi connectivity index (χ3v) is 3.46. The molecule has 2 heterocycles. The highest BCUT2D eigenvalue weighted by atomic mass is 15.3. The predicted molar refractivity (Wildman–Crippen MR) is 71.9 cm³/mol. The summed E-state index contributed by atoms with van der Waals surface area (Å²) in [4.78, 5) is 4.42. The molecule has 0 bridgehead atoms. The van der Waals surface area contributed by atoms with Crippen molar-refractivity contribution in [2.45, 2.75) is 38.1 Å². The van der Waals surface area contributed by atoms with E-state index in [1.54, 1.807) is 10.9 Å². The molecule has 18 heavy (non-hydrogen) atoms. The minimum atomic E-state index is 0.621. The van der Waals surface area contributed by atoms with Gasteiger partial charge in [-0.2, -0.15) is 5.10 Å². The van der Waals surface area contributed by atoms with E-state index in [1.807, 2.05) is 24.5 Å². The topological polar surface area (TPSA) is 42.7 Å². The largest absolute Gasteiger partial charge is 0.381 e. The Balaban J connectivity index is 1.67. The van der Waals surface area contributed by atoms with Crippen LogP contribution in [0.2, 0.25) is 0 Å². The van der Waals surface area contributed by atoms with Gasteiger partial charge in [0.2, 0.25) is 0 Å². The Hall–Kier alpha value is -1.84. The molecule has 1 aliphatic carbocycles. The number of pyridine rings is 1. The maximum absolute atomic E-state index is 4.42. The van der Waals surface area contributed by atoms with Gasteiger partial charge in [-0.25, -0.2) is 9.67 Å². The van der Waals surface area contributed by atoms with E-state index < -0.39 is 0 Å². The van der Waals surface area contributed by atoms with Crippen LogP contribution in [-0.2, 0) is 0 Å². The van der Waals surface area contributed by atoms with Gasteiger partial charge in [-0.1, -0.05) is 19.3 Å². The first-order valence-corrected chi connectivity index (χ1v) is 6.64. The average Bonchev–Trinajstić information content (AvgIpc) is 2.95. The molecule has 0 saturated heterocycles. The van der Waals surface area contributed by atoms with Gasteiger partial charge in [-0.15, -0.1) is 0 Å². The van der Waals surface area contributed by atoms with Crippen LogP contribution >= 0.6 is 0 Å². The lowest BCUT2D eigenvalue weighted by Gasteiger charge is -2.23. The monoisotopic (exact) mass is 242 g/mol. The molecule has 0 unspecified atom stereocenters. The highest BCUT2D eigenvalue weighted by molar-refractivity contribution is 5.44. The lowest BCUT2D eigenvalue weighted by molar-refractivity contribution is 0.462. The van der Waals surface area contributed by atoms with Gasteiger partial charge in [-0.05, 0) is 31.0 Å². The Bertz CT molecular complexity index is 469. The number of nitrogens with one attached hydrogen (secondary N) is 1. The van der Waals surface area contributed by atoms with E-state index in [9.17, 15) is 0 Å². The first-order valence-electron chi connectivity index (χ1n) is 6.64. The molecule has 2 aromatic heterocycles. The van der Waals surface area contributed by atoms with Gasteiger partial charge >= 0.3 is 0 Å². The molecule has 0 amide bonds. The third-order valence-electron chi connectivity index (χ3n) is 3.46. The van der Waals surface area contributed by atoms with Gasteiger partial charge in [0.15, 0.2) is 5.82 Å². The lowest BCUT2D eigenvalue weighted by atomic mass is 9.95. The Morgan fingerprint density at radius 2 is 2.06 bits per heavy atom. The fourth-order valence-corrected chi connectivity index (χ4v) is 2.49. The zero-order valence-corrected chi connectivity index (χ0v) is 10.4. The van der Waals surface area contributed by atoms with Crippen molar-refractivity contribution in [2.75, 3.05) is 5.32 Å². The van der Waals surface area contributed by atoms with Crippen LogP contribution in [0.4, 0.5) is 5.69 Å². The van der Waals surface area contributed by atoms with E-state index in [0.29, 0.717) is 6.04 Å². The summed E-state index contributed by atoms with van der Waals surface area (Å²) in [6.07, 6.45) is 12.2. The van der Waals surface area contributed by atoms with E-state index in [4.69, 9.17) is 0 Å². The summed E-state index contributed by atoms with van der Waals surface area (Å²) in [7, 11) is 0. The number of hydrogen-bond donors (Lipinski definition) is 1. The van der Waals surface area contributed by atoms with Gasteiger partial charge in [0.1, 0.15) is 0 Å². The predicted octanol–water partition coefficient (Wildman–Crippen LogP) is 3.01. The summed E-state index contributed by atoms with van der Waals surface area (Å²) in [5.41, 5.74) is 1.11. The summed E-state index contributed by atoms with van der Waals surface area (Å²) < 4.78 is 1.77. The van der Waals surface area contributed by atoms with Gasteiger partial charge in [0.05, 0.1) is 11.9 Å². The molecular weight excluding hydrogens is 224 g/mol. The Kier molecular flexibility index (Phi) is 3.26. The van der Waals surface area contributed by atoms with Gasteiger partial charge < -0.3 is 5.32 Å². The highest BCUT2D eigenvalue weighted by Gasteiger charge is 2.12. The van der Waals surface area contributed by atoms with Crippen molar-refractivity contribution in [2.24, 2.45) is 0 Å². The van der Waals surface area contributed by atoms with Crippen LogP contribution in [0.5, 0.6) is 0 Å². The second kappa shape index (κ2) is 5.21. The van der Waals surface area contributed by atoms with Crippen molar-refractivity contribution in [1.82, 2.24) is 14.8 Å². The molecule has 94 valence electrons. The first kappa shape index (κ1) is 11.3. The quantitative estimate of drug-likeness (QED) is 0.899. The molecule has 0 aromatic carbocycles. The minimum absolute atomic E-state index is 0.621. The molecular formula is C14H18N4. The standard InChI is InChI=1S/C14H18N4/c1-2-5-12(6-3-1)17-13-7-8-14(15-11-13)18-10-4-9-16-18/h4,7-12,17H,1-3,5-6H2. The van der Waals surface area contributed by atoms with Crippen LogP contribution in [0.25, 0.3) is 5.82 Å². The molecule has 0 spiro atoms. The average molecular weight is 242 g/mol. The smallest absolute Gasteiger partial charge is 0.153 e. The molecule has 0 atom stereocenters. The van der Waals surface area contributed by atoms with Crippen molar-refractivity contribution in [3.8, 4) is 5.82 Å². The Labute approximate surface area is 107 Å². The molecule has 0 radical (unpaired) electrons. The first-order chi connectivity index (χ1) is 8.92. The Morgan fingerprint density at radius 1 is 1.17 bits per heavy atom. The van der Waals surface area contributed by atoms with E-state index in [2.05, 4.69) is 21.5 Å². The zero-order chi connectivity index (χ0) is 12.2. The van der Waals surface area contributed by atoms with E-state index in [1.165, 1.54) is 32.1 Å². The molecule has 1 fully saturated rings. The summed E-state index contributed by atoms with van der Waals surface area (Å²) in [6, 6.07) is 6.60. The van der Waals surface area contributed by atoms with E-state index in [-0.39, 0.29) is 0 Å². The number of hydrogen-bond acceptors (Lipinski definition) is 3. The minimum Gasteiger partial charge on any atom is -0.381 e. The van der Waals surface area contributed by atoms with Crippen LogP contribution in [-0.4, -0.2) is 20.8 Å². The molecule has 1 saturated carbocycles. The Morgan fingerprint density at radius 3 is 2.72 bits per heavy atom. The summed E-state index contributed by atoms with van der Waals surface area (Å²) in [5.74, 6) is 0.856. The summed E-state index contributed by atoms with van der Waals surface area (Å²) in [6.45, 7) is 0. The maximum atomic E-state index is 4.42. The van der Waals surface area contributed by atoms with E-state index >= 15 is 0 Å². The second-order valence-electron chi connectivity index (χ2n) is 4.83. The molecule has 4 heteroatoms. The molecule has 4 nitrogen and oxygen atoms in total. The third kappa shape index (κ3) is 2.53. The van der Waals surface area contributed by atoms with Crippen molar-refractivity contribution >= 4 is 5.69 Å². The number of nitrogens with zero attached hydrogens (tertiary/aromatic N) is 3. The lowest BCUT2D eigenvalue weighted by Crippen LogP contribution is -2.22. The van der Waals surface area contributed by atoms with Crippen molar-refractivity contribution in [3.63, 3.8) is 0 Å². The fraction of sp³-hybridized carbons (Fsp3) is 0.429. The van der Waals surface area contributed by atoms with Crippen LogP contribution in [0.15, 0.2) is 36.8 Å². The summed E-state index contributed by atoms with van der Waals surface area (Å²) >= 11 is 0. The SMILES string of the molecule is c1cnn(-c2ccc(NC3CCCCC3)cn2)c1. The van der Waals surface area contributed by atoms with Gasteiger partial charge in [-0.3, -0.25) is 0 Å². The highest BCUT2D eigenvalue weighted by Crippen LogP contribution is 2.21. The van der Waals surface area contributed by atoms with Crippen LogP contribution in [0.3, 0.4) is 0 Å². The van der Waals surface area contributed by atoms with Crippen LogP contribution in [0, 0.1) is 0 Å². The number of aromatic nitrogens is 3. The molecule has 1 N–H and O–H groups in total. The maximum Gasteiger partial charge on any atom is 0.153 e. The number of anilines is 1. The molecule has 3 rings (SSSR count). The van der Waals surface area contributed by atoms with Gasteiger partial charge in [0, 0.05) is 18.4 Å². The van der Waals surface area contributed by atoms with Gasteiger partial charge in [0.25, 0.3) is 0 Å². The van der Waals surface area contributed by atoms with Crippen molar-refractivity contribution in [1.29, 1.82) is 0 Å².